The van der Waals surface area contributed by atoms with Crippen LogP contribution < -0.4 is 4.90 Å². The molecule has 4 nitrogen and oxygen atoms in total. The predicted molar refractivity (Wildman–Crippen MR) is 66.3 cm³/mol. The smallest absolute Gasteiger partial charge is 0.323 e. The van der Waals surface area contributed by atoms with Gasteiger partial charge < -0.3 is 10.0 Å². The Balaban J connectivity index is 2.22. The number of pyridine rings is 1. The average Bonchev–Trinajstić information content (AvgIpc) is 3.09. The van der Waals surface area contributed by atoms with Gasteiger partial charge in [0, 0.05) is 23.6 Å². The van der Waals surface area contributed by atoms with Gasteiger partial charge >= 0.3 is 5.97 Å². The molecule has 2 rings (SSSR count). The Labute approximate surface area is 101 Å². The summed E-state index contributed by atoms with van der Waals surface area (Å²) in [6, 6.07) is 4.30. The lowest BCUT2D eigenvalue weighted by Crippen LogP contribution is -2.31. The zero-order valence-corrected chi connectivity index (χ0v) is 10.3. The third-order valence-corrected chi connectivity index (χ3v) is 2.98. The lowest BCUT2D eigenvalue weighted by molar-refractivity contribution is -0.135. The number of carboxylic acids is 1. The third-order valence-electron chi connectivity index (χ3n) is 2.98. The summed E-state index contributed by atoms with van der Waals surface area (Å²) in [5.74, 6) is -0.416. The minimum atomic E-state index is -0.778. The van der Waals surface area contributed by atoms with E-state index in [-0.39, 0.29) is 6.54 Å². The Morgan fingerprint density at radius 1 is 1.59 bits per heavy atom. The van der Waals surface area contributed by atoms with Crippen LogP contribution in [0.3, 0.4) is 0 Å². The third kappa shape index (κ3) is 2.96. The number of rotatable bonds is 5. The van der Waals surface area contributed by atoms with Gasteiger partial charge in [0.05, 0.1) is 0 Å². The van der Waals surface area contributed by atoms with Crippen LogP contribution in [-0.2, 0) is 4.79 Å². The first-order valence-electron chi connectivity index (χ1n) is 6.02. The molecule has 1 aromatic rings. The second-order valence-corrected chi connectivity index (χ2v) is 4.85. The largest absolute Gasteiger partial charge is 0.480 e. The van der Waals surface area contributed by atoms with Crippen LogP contribution in [0, 0.1) is 0 Å². The molecule has 1 aromatic heterocycles. The molecule has 4 heteroatoms. The molecule has 92 valence electrons. The van der Waals surface area contributed by atoms with E-state index >= 15 is 0 Å². The molecule has 0 spiro atoms. The van der Waals surface area contributed by atoms with Gasteiger partial charge in [-0.3, -0.25) is 9.78 Å². The van der Waals surface area contributed by atoms with Gasteiger partial charge in [-0.1, -0.05) is 13.8 Å². The Morgan fingerprint density at radius 3 is 2.82 bits per heavy atom. The van der Waals surface area contributed by atoms with E-state index in [1.165, 1.54) is 0 Å². The van der Waals surface area contributed by atoms with Crippen LogP contribution in [0.1, 0.15) is 38.3 Å². The second kappa shape index (κ2) is 4.73. The predicted octanol–water partition coefficient (Wildman–Crippen LogP) is 2.26. The molecule has 0 amide bonds. The lowest BCUT2D eigenvalue weighted by Gasteiger charge is -2.23. The molecule has 1 aliphatic rings. The maximum Gasteiger partial charge on any atom is 0.323 e. The number of hydrogen-bond acceptors (Lipinski definition) is 3. The number of carboxylic acid groups (broad SMARTS) is 1. The van der Waals surface area contributed by atoms with Gasteiger partial charge in [0.1, 0.15) is 6.54 Å². The Bertz CT molecular complexity index is 414. The van der Waals surface area contributed by atoms with E-state index in [1.54, 1.807) is 6.20 Å². The van der Waals surface area contributed by atoms with Crippen molar-refractivity contribution in [3.8, 4) is 0 Å². The van der Waals surface area contributed by atoms with Crippen molar-refractivity contribution in [2.75, 3.05) is 11.4 Å². The van der Waals surface area contributed by atoms with Crippen molar-refractivity contribution in [2.45, 2.75) is 38.6 Å². The first-order valence-corrected chi connectivity index (χ1v) is 6.02. The molecule has 0 atom stereocenters. The van der Waals surface area contributed by atoms with Crippen LogP contribution in [0.15, 0.2) is 18.3 Å². The summed E-state index contributed by atoms with van der Waals surface area (Å²) in [5, 5.41) is 8.94. The standard InChI is InChI=1S/C13H18N2O2/c1-9(2)12-7-11(5-6-14-12)15(8-13(16)17)10-3-4-10/h5-7,9-10H,3-4,8H2,1-2H3,(H,16,17). The molecular weight excluding hydrogens is 216 g/mol. The van der Waals surface area contributed by atoms with Crippen LogP contribution in [0.2, 0.25) is 0 Å². The van der Waals surface area contributed by atoms with Gasteiger partial charge in [-0.25, -0.2) is 0 Å². The maximum atomic E-state index is 10.9. The maximum absolute atomic E-state index is 10.9. The van der Waals surface area contributed by atoms with Crippen molar-refractivity contribution >= 4 is 11.7 Å². The first kappa shape index (κ1) is 11.9. The summed E-state index contributed by atoms with van der Waals surface area (Å²) in [6.45, 7) is 4.25. The summed E-state index contributed by atoms with van der Waals surface area (Å²) >= 11 is 0. The molecule has 0 unspecified atom stereocenters. The molecule has 1 fully saturated rings. The van der Waals surface area contributed by atoms with Crippen molar-refractivity contribution in [3.63, 3.8) is 0 Å². The van der Waals surface area contributed by atoms with Crippen molar-refractivity contribution in [2.24, 2.45) is 0 Å². The molecule has 0 radical (unpaired) electrons. The molecule has 0 aliphatic heterocycles. The molecule has 0 saturated heterocycles. The zero-order valence-electron chi connectivity index (χ0n) is 10.3. The number of aliphatic carboxylic acids is 1. The zero-order chi connectivity index (χ0) is 12.4. The van der Waals surface area contributed by atoms with Crippen LogP contribution in [-0.4, -0.2) is 28.6 Å². The lowest BCUT2D eigenvalue weighted by atomic mass is 10.1. The fraction of sp³-hybridized carbons (Fsp3) is 0.538. The highest BCUT2D eigenvalue weighted by Crippen LogP contribution is 2.32. The number of hydrogen-bond donors (Lipinski definition) is 1. The molecule has 1 aliphatic carbocycles. The van der Waals surface area contributed by atoms with Crippen LogP contribution >= 0.6 is 0 Å². The quantitative estimate of drug-likeness (QED) is 0.849. The van der Waals surface area contributed by atoms with E-state index in [0.717, 1.165) is 24.2 Å². The topological polar surface area (TPSA) is 53.4 Å². The van der Waals surface area contributed by atoms with Gasteiger partial charge in [-0.05, 0) is 30.9 Å². The average molecular weight is 234 g/mol. The summed E-state index contributed by atoms with van der Waals surface area (Å²) in [6.07, 6.45) is 3.95. The first-order chi connectivity index (χ1) is 8.08. The summed E-state index contributed by atoms with van der Waals surface area (Å²) < 4.78 is 0. The van der Waals surface area contributed by atoms with E-state index < -0.39 is 5.97 Å². The molecule has 1 saturated carbocycles. The van der Waals surface area contributed by atoms with Crippen molar-refractivity contribution in [1.82, 2.24) is 4.98 Å². The van der Waals surface area contributed by atoms with Crippen molar-refractivity contribution < 1.29 is 9.90 Å². The van der Waals surface area contributed by atoms with Crippen LogP contribution in [0.25, 0.3) is 0 Å². The monoisotopic (exact) mass is 234 g/mol. The van der Waals surface area contributed by atoms with E-state index in [0.29, 0.717) is 12.0 Å². The van der Waals surface area contributed by atoms with E-state index in [9.17, 15) is 4.79 Å². The Morgan fingerprint density at radius 2 is 2.29 bits per heavy atom. The summed E-state index contributed by atoms with van der Waals surface area (Å²) in [4.78, 5) is 17.2. The van der Waals surface area contributed by atoms with Gasteiger partial charge in [-0.15, -0.1) is 0 Å². The number of nitrogens with zero attached hydrogens (tertiary/aromatic N) is 2. The number of aromatic nitrogens is 1. The fourth-order valence-corrected chi connectivity index (χ4v) is 1.89. The molecule has 1 N–H and O–H groups in total. The molecule has 0 aromatic carbocycles. The second-order valence-electron chi connectivity index (χ2n) is 4.85. The van der Waals surface area contributed by atoms with Gasteiger partial charge in [-0.2, -0.15) is 0 Å². The van der Waals surface area contributed by atoms with E-state index in [4.69, 9.17) is 5.11 Å². The van der Waals surface area contributed by atoms with Crippen LogP contribution in [0.5, 0.6) is 0 Å². The summed E-state index contributed by atoms with van der Waals surface area (Å²) in [7, 11) is 0. The fourth-order valence-electron chi connectivity index (χ4n) is 1.89. The van der Waals surface area contributed by atoms with E-state index in [1.807, 2.05) is 17.0 Å². The molecule has 0 bridgehead atoms. The normalized spacial score (nSPS) is 15.0. The molecule has 1 heterocycles. The van der Waals surface area contributed by atoms with Crippen molar-refractivity contribution in [3.05, 3.63) is 24.0 Å². The van der Waals surface area contributed by atoms with E-state index in [2.05, 4.69) is 18.8 Å². The molecular formula is C13H18N2O2. The van der Waals surface area contributed by atoms with Crippen LogP contribution in [0.4, 0.5) is 5.69 Å². The SMILES string of the molecule is CC(C)c1cc(N(CC(=O)O)C2CC2)ccn1. The number of anilines is 1. The van der Waals surface area contributed by atoms with Crippen molar-refractivity contribution in [1.29, 1.82) is 0 Å². The van der Waals surface area contributed by atoms with Gasteiger partial charge in [0.25, 0.3) is 0 Å². The molecule has 17 heavy (non-hydrogen) atoms. The van der Waals surface area contributed by atoms with Gasteiger partial charge in [0.15, 0.2) is 0 Å². The Kier molecular flexibility index (Phi) is 3.31. The minimum Gasteiger partial charge on any atom is -0.480 e. The highest BCUT2D eigenvalue weighted by Gasteiger charge is 2.30. The summed E-state index contributed by atoms with van der Waals surface area (Å²) in [5.41, 5.74) is 1.99. The Hall–Kier alpha value is -1.58. The highest BCUT2D eigenvalue weighted by atomic mass is 16.4. The minimum absolute atomic E-state index is 0.0756. The number of carbonyl (C=O) groups is 1. The van der Waals surface area contributed by atoms with Gasteiger partial charge in [0.2, 0.25) is 0 Å². The highest BCUT2D eigenvalue weighted by molar-refractivity contribution is 5.74.